The maximum atomic E-state index is 8.33. The van der Waals surface area contributed by atoms with Gasteiger partial charge in [-0.25, -0.2) is 0 Å². The molecule has 1 fully saturated rings. The predicted octanol–water partition coefficient (Wildman–Crippen LogP) is 2.68. The van der Waals surface area contributed by atoms with E-state index in [2.05, 4.69) is 38.0 Å². The fraction of sp³-hybridized carbons (Fsp3) is 0.727. The highest BCUT2D eigenvalue weighted by atomic mass is 29.3. The van der Waals surface area contributed by atoms with Gasteiger partial charge in [-0.1, -0.05) is 25.1 Å². The summed E-state index contributed by atoms with van der Waals surface area (Å²) in [5.74, 6) is 5.32. The molecular weight excluding hydrogens is 218 g/mol. The van der Waals surface area contributed by atoms with Crippen LogP contribution in [-0.4, -0.2) is 21.5 Å². The quantitative estimate of drug-likeness (QED) is 0.519. The van der Waals surface area contributed by atoms with E-state index in [1.165, 1.54) is 6.04 Å². The SMILES string of the molecule is C[Si]1(C)CCC(CC#CC#N)O[Si]1(C)C. The Morgan fingerprint density at radius 2 is 2.00 bits per heavy atom. The fourth-order valence-electron chi connectivity index (χ4n) is 1.81. The molecule has 15 heavy (non-hydrogen) atoms. The molecule has 1 atom stereocenters. The van der Waals surface area contributed by atoms with E-state index in [0.717, 1.165) is 12.8 Å². The van der Waals surface area contributed by atoms with Crippen LogP contribution in [-0.2, 0) is 4.43 Å². The van der Waals surface area contributed by atoms with Crippen molar-refractivity contribution < 1.29 is 4.43 Å². The molecule has 0 aromatic heterocycles. The largest absolute Gasteiger partial charge is 0.416 e. The van der Waals surface area contributed by atoms with Crippen molar-refractivity contribution in [3.8, 4) is 17.9 Å². The Kier molecular flexibility index (Phi) is 3.78. The standard InChI is InChI=1S/C11H19NOSi2/c1-14(2)10-8-11(7-5-6-9-12)13-15(14,3)4/h11H,7-8,10H2,1-4H3. The lowest BCUT2D eigenvalue weighted by molar-refractivity contribution is 0.191. The van der Waals surface area contributed by atoms with Gasteiger partial charge in [-0.15, -0.1) is 0 Å². The number of nitriles is 1. The maximum Gasteiger partial charge on any atom is 0.174 e. The molecule has 82 valence electrons. The Labute approximate surface area is 94.6 Å². The summed E-state index contributed by atoms with van der Waals surface area (Å²) in [4.78, 5) is 0. The van der Waals surface area contributed by atoms with Gasteiger partial charge in [-0.05, 0) is 19.5 Å². The summed E-state index contributed by atoms with van der Waals surface area (Å²) in [5, 5.41) is 8.33. The summed E-state index contributed by atoms with van der Waals surface area (Å²) in [6, 6.07) is 3.20. The van der Waals surface area contributed by atoms with Crippen molar-refractivity contribution in [2.75, 3.05) is 0 Å². The highest BCUT2D eigenvalue weighted by molar-refractivity contribution is 7.38. The van der Waals surface area contributed by atoms with Gasteiger partial charge in [0.1, 0.15) is 0 Å². The van der Waals surface area contributed by atoms with Crippen molar-refractivity contribution in [2.45, 2.75) is 51.2 Å². The Hall–Kier alpha value is -0.556. The normalized spacial score (nSPS) is 27.3. The molecule has 0 N–H and O–H groups in total. The molecule has 1 aliphatic heterocycles. The molecule has 4 heteroatoms. The van der Waals surface area contributed by atoms with Crippen LogP contribution in [0.25, 0.3) is 0 Å². The van der Waals surface area contributed by atoms with Crippen LogP contribution in [0.5, 0.6) is 0 Å². The summed E-state index contributed by atoms with van der Waals surface area (Å²) in [6.07, 6.45) is 2.15. The molecule has 0 aliphatic carbocycles. The van der Waals surface area contributed by atoms with Gasteiger partial charge < -0.3 is 4.43 Å². The van der Waals surface area contributed by atoms with Gasteiger partial charge in [0.2, 0.25) is 0 Å². The zero-order valence-electron chi connectivity index (χ0n) is 10.1. The van der Waals surface area contributed by atoms with Crippen LogP contribution < -0.4 is 0 Å². The van der Waals surface area contributed by atoms with Crippen LogP contribution in [0.2, 0.25) is 32.2 Å². The molecule has 0 spiro atoms. The maximum absolute atomic E-state index is 8.33. The van der Waals surface area contributed by atoms with E-state index < -0.39 is 15.4 Å². The first-order chi connectivity index (χ1) is 6.89. The molecule has 0 saturated carbocycles. The summed E-state index contributed by atoms with van der Waals surface area (Å²) in [6.45, 7) is 9.55. The minimum Gasteiger partial charge on any atom is -0.416 e. The summed E-state index contributed by atoms with van der Waals surface area (Å²) >= 11 is 0. The second kappa shape index (κ2) is 4.53. The molecule has 0 aromatic rings. The van der Waals surface area contributed by atoms with Gasteiger partial charge in [0, 0.05) is 12.3 Å². The minimum atomic E-state index is -1.45. The first kappa shape index (κ1) is 12.5. The van der Waals surface area contributed by atoms with E-state index in [-0.39, 0.29) is 6.10 Å². The molecule has 1 saturated heterocycles. The molecule has 1 rings (SSSR count). The van der Waals surface area contributed by atoms with Crippen LogP contribution in [0.3, 0.4) is 0 Å². The van der Waals surface area contributed by atoms with Gasteiger partial charge in [0.15, 0.2) is 13.9 Å². The molecular formula is C11H19NOSi2. The lowest BCUT2D eigenvalue weighted by Crippen LogP contribution is -2.61. The molecule has 1 heterocycles. The van der Waals surface area contributed by atoms with Crippen molar-refractivity contribution in [1.29, 1.82) is 5.26 Å². The first-order valence-corrected chi connectivity index (χ1v) is 12.6. The lowest BCUT2D eigenvalue weighted by atomic mass is 10.2. The zero-order valence-corrected chi connectivity index (χ0v) is 12.1. The van der Waals surface area contributed by atoms with Crippen molar-refractivity contribution in [3.63, 3.8) is 0 Å². The number of nitrogens with zero attached hydrogens (tertiary/aromatic N) is 1. The summed E-state index contributed by atoms with van der Waals surface area (Å²) in [5.41, 5.74) is 0. The molecule has 0 bridgehead atoms. The van der Waals surface area contributed by atoms with E-state index in [0.29, 0.717) is 0 Å². The van der Waals surface area contributed by atoms with Crippen LogP contribution in [0.15, 0.2) is 0 Å². The topological polar surface area (TPSA) is 33.0 Å². The first-order valence-electron chi connectivity index (χ1n) is 5.44. The molecule has 1 aliphatic rings. The minimum absolute atomic E-state index is 0.285. The molecule has 0 aromatic carbocycles. The Morgan fingerprint density at radius 3 is 2.53 bits per heavy atom. The molecule has 0 radical (unpaired) electrons. The average Bonchev–Trinajstić information content (AvgIpc) is 2.12. The van der Waals surface area contributed by atoms with Crippen LogP contribution in [0.1, 0.15) is 12.8 Å². The van der Waals surface area contributed by atoms with E-state index >= 15 is 0 Å². The Morgan fingerprint density at radius 1 is 1.33 bits per heavy atom. The van der Waals surface area contributed by atoms with Crippen molar-refractivity contribution in [1.82, 2.24) is 0 Å². The lowest BCUT2D eigenvalue weighted by Gasteiger charge is -2.45. The van der Waals surface area contributed by atoms with Gasteiger partial charge in [-0.3, -0.25) is 0 Å². The van der Waals surface area contributed by atoms with Crippen LogP contribution in [0.4, 0.5) is 0 Å². The Balaban J connectivity index is 2.60. The predicted molar refractivity (Wildman–Crippen MR) is 67.3 cm³/mol. The number of hydrogen-bond acceptors (Lipinski definition) is 2. The molecule has 2 nitrogen and oxygen atoms in total. The fourth-order valence-corrected chi connectivity index (χ4v) is 8.50. The smallest absolute Gasteiger partial charge is 0.174 e. The van der Waals surface area contributed by atoms with Gasteiger partial charge in [0.05, 0.1) is 13.7 Å². The highest BCUT2D eigenvalue weighted by Crippen LogP contribution is 2.34. The Bertz CT molecular complexity index is 333. The van der Waals surface area contributed by atoms with Crippen molar-refractivity contribution in [3.05, 3.63) is 0 Å². The third-order valence-corrected chi connectivity index (χ3v) is 20.3. The van der Waals surface area contributed by atoms with Gasteiger partial charge in [-0.2, -0.15) is 5.26 Å². The zero-order chi connectivity index (χ0) is 11.5. The highest BCUT2D eigenvalue weighted by Gasteiger charge is 2.47. The van der Waals surface area contributed by atoms with Crippen LogP contribution >= 0.6 is 0 Å². The third-order valence-electron chi connectivity index (χ3n) is 3.66. The van der Waals surface area contributed by atoms with Crippen molar-refractivity contribution in [2.24, 2.45) is 0 Å². The van der Waals surface area contributed by atoms with Crippen LogP contribution in [0, 0.1) is 23.2 Å². The number of hydrogen-bond donors (Lipinski definition) is 0. The second-order valence-corrected chi connectivity index (χ2v) is 20.5. The monoisotopic (exact) mass is 237 g/mol. The van der Waals surface area contributed by atoms with E-state index in [1.54, 1.807) is 0 Å². The molecule has 1 unspecified atom stereocenters. The average molecular weight is 237 g/mol. The number of rotatable bonds is 1. The van der Waals surface area contributed by atoms with E-state index in [9.17, 15) is 0 Å². The van der Waals surface area contributed by atoms with Gasteiger partial charge >= 0.3 is 0 Å². The third kappa shape index (κ3) is 2.95. The van der Waals surface area contributed by atoms with E-state index in [4.69, 9.17) is 9.69 Å². The molecule has 0 amide bonds. The van der Waals surface area contributed by atoms with E-state index in [1.807, 2.05) is 6.07 Å². The second-order valence-electron chi connectivity index (χ2n) is 5.29. The summed E-state index contributed by atoms with van der Waals surface area (Å²) in [7, 11) is -2.56. The van der Waals surface area contributed by atoms with Crippen molar-refractivity contribution >= 4 is 15.4 Å². The summed E-state index contributed by atoms with van der Waals surface area (Å²) < 4.78 is 6.22. The van der Waals surface area contributed by atoms with Gasteiger partial charge in [0.25, 0.3) is 0 Å².